The van der Waals surface area contributed by atoms with Gasteiger partial charge in [-0.05, 0) is 24.5 Å². The molecule has 2 aromatic rings. The Hall–Kier alpha value is -2.03. The van der Waals surface area contributed by atoms with Crippen molar-refractivity contribution in [3.05, 3.63) is 48.2 Å². The highest BCUT2D eigenvalue weighted by molar-refractivity contribution is 5.45. The fraction of sp³-hybridized carbons (Fsp3) is 0.353. The Balaban J connectivity index is 2.28. The molecule has 20 heavy (non-hydrogen) atoms. The monoisotopic (exact) mass is 270 g/mol. The van der Waals surface area contributed by atoms with E-state index in [-0.39, 0.29) is 5.41 Å². The number of para-hydroxylation sites is 1. The van der Waals surface area contributed by atoms with Gasteiger partial charge in [-0.1, -0.05) is 39.0 Å². The van der Waals surface area contributed by atoms with Crippen molar-refractivity contribution in [3.63, 3.8) is 0 Å². The molecule has 3 heteroatoms. The largest absolute Gasteiger partial charge is 0.457 e. The molecule has 0 aliphatic carbocycles. The molecule has 0 bridgehead atoms. The molecule has 0 aliphatic heterocycles. The standard InChI is InChI=1S/C17H22N2O/c1-5-18-16-12-13(10-11-19-16)20-15-9-7-6-8-14(15)17(2,3)4/h6-12H,5H2,1-4H3,(H,18,19). The average Bonchev–Trinajstić information content (AvgIpc) is 2.39. The van der Waals surface area contributed by atoms with Crippen LogP contribution in [0.15, 0.2) is 42.6 Å². The van der Waals surface area contributed by atoms with Crippen LogP contribution in [0.2, 0.25) is 0 Å². The Bertz CT molecular complexity index is 573. The van der Waals surface area contributed by atoms with Crippen molar-refractivity contribution in [1.82, 2.24) is 4.98 Å². The summed E-state index contributed by atoms with van der Waals surface area (Å²) in [6.45, 7) is 9.45. The Labute approximate surface area is 121 Å². The fourth-order valence-corrected chi connectivity index (χ4v) is 2.05. The van der Waals surface area contributed by atoms with Gasteiger partial charge in [0.05, 0.1) is 0 Å². The molecule has 0 saturated carbocycles. The minimum absolute atomic E-state index is 0.0497. The first-order chi connectivity index (χ1) is 9.50. The van der Waals surface area contributed by atoms with E-state index in [2.05, 4.69) is 37.1 Å². The van der Waals surface area contributed by atoms with E-state index in [1.54, 1.807) is 6.20 Å². The van der Waals surface area contributed by atoms with Crippen molar-refractivity contribution in [2.75, 3.05) is 11.9 Å². The maximum absolute atomic E-state index is 6.04. The Morgan fingerprint density at radius 2 is 1.90 bits per heavy atom. The van der Waals surface area contributed by atoms with E-state index in [9.17, 15) is 0 Å². The van der Waals surface area contributed by atoms with E-state index in [1.807, 2.05) is 37.3 Å². The summed E-state index contributed by atoms with van der Waals surface area (Å²) in [6.07, 6.45) is 1.76. The van der Waals surface area contributed by atoms with E-state index in [1.165, 1.54) is 5.56 Å². The normalized spacial score (nSPS) is 11.2. The third kappa shape index (κ3) is 3.50. The topological polar surface area (TPSA) is 34.1 Å². The first-order valence-electron chi connectivity index (χ1n) is 6.98. The molecule has 0 radical (unpaired) electrons. The highest BCUT2D eigenvalue weighted by atomic mass is 16.5. The number of hydrogen-bond donors (Lipinski definition) is 1. The van der Waals surface area contributed by atoms with Gasteiger partial charge in [-0.2, -0.15) is 0 Å². The summed E-state index contributed by atoms with van der Waals surface area (Å²) >= 11 is 0. The van der Waals surface area contributed by atoms with Crippen molar-refractivity contribution in [3.8, 4) is 11.5 Å². The Morgan fingerprint density at radius 3 is 2.60 bits per heavy atom. The molecule has 0 aliphatic rings. The van der Waals surface area contributed by atoms with Crippen LogP contribution in [0.3, 0.4) is 0 Å². The molecule has 3 nitrogen and oxygen atoms in total. The van der Waals surface area contributed by atoms with Crippen LogP contribution in [0.4, 0.5) is 5.82 Å². The number of nitrogens with one attached hydrogen (secondary N) is 1. The predicted octanol–water partition coefficient (Wildman–Crippen LogP) is 4.60. The van der Waals surface area contributed by atoms with Gasteiger partial charge in [-0.15, -0.1) is 0 Å². The summed E-state index contributed by atoms with van der Waals surface area (Å²) in [7, 11) is 0. The quantitative estimate of drug-likeness (QED) is 0.881. The highest BCUT2D eigenvalue weighted by Gasteiger charge is 2.18. The van der Waals surface area contributed by atoms with Crippen molar-refractivity contribution in [1.29, 1.82) is 0 Å². The molecular weight excluding hydrogens is 248 g/mol. The van der Waals surface area contributed by atoms with E-state index in [0.29, 0.717) is 0 Å². The SMILES string of the molecule is CCNc1cc(Oc2ccccc2C(C)(C)C)ccn1. The molecule has 0 fully saturated rings. The molecule has 1 aromatic carbocycles. The summed E-state index contributed by atoms with van der Waals surface area (Å²) in [6, 6.07) is 12.0. The summed E-state index contributed by atoms with van der Waals surface area (Å²) in [5.74, 6) is 2.53. The third-order valence-electron chi connectivity index (χ3n) is 3.01. The zero-order chi connectivity index (χ0) is 14.6. The second kappa shape index (κ2) is 5.95. The lowest BCUT2D eigenvalue weighted by molar-refractivity contribution is 0.455. The van der Waals surface area contributed by atoms with Gasteiger partial charge >= 0.3 is 0 Å². The summed E-state index contributed by atoms with van der Waals surface area (Å²) in [5, 5.41) is 3.19. The van der Waals surface area contributed by atoms with E-state index < -0.39 is 0 Å². The van der Waals surface area contributed by atoms with E-state index in [4.69, 9.17) is 4.74 Å². The summed E-state index contributed by atoms with van der Waals surface area (Å²) in [5.41, 5.74) is 1.25. The zero-order valence-corrected chi connectivity index (χ0v) is 12.6. The Kier molecular flexibility index (Phi) is 4.28. The van der Waals surface area contributed by atoms with Gasteiger partial charge in [0.25, 0.3) is 0 Å². The maximum Gasteiger partial charge on any atom is 0.132 e. The van der Waals surface area contributed by atoms with Gasteiger partial charge in [-0.25, -0.2) is 4.98 Å². The van der Waals surface area contributed by atoms with Crippen LogP contribution in [0.25, 0.3) is 0 Å². The molecular formula is C17H22N2O. The number of hydrogen-bond acceptors (Lipinski definition) is 3. The molecule has 106 valence electrons. The first kappa shape index (κ1) is 14.4. The molecule has 0 unspecified atom stereocenters. The summed E-state index contributed by atoms with van der Waals surface area (Å²) in [4.78, 5) is 4.25. The zero-order valence-electron chi connectivity index (χ0n) is 12.6. The second-order valence-electron chi connectivity index (χ2n) is 5.76. The number of nitrogens with zero attached hydrogens (tertiary/aromatic N) is 1. The van der Waals surface area contributed by atoms with Gasteiger partial charge in [-0.3, -0.25) is 0 Å². The molecule has 2 rings (SSSR count). The van der Waals surface area contributed by atoms with Gasteiger partial charge in [0.2, 0.25) is 0 Å². The summed E-state index contributed by atoms with van der Waals surface area (Å²) < 4.78 is 6.04. The number of aromatic nitrogens is 1. The van der Waals surface area contributed by atoms with Crippen LogP contribution in [0.1, 0.15) is 33.3 Å². The van der Waals surface area contributed by atoms with Crippen molar-refractivity contribution < 1.29 is 4.74 Å². The minimum atomic E-state index is 0.0497. The number of benzene rings is 1. The van der Waals surface area contributed by atoms with Crippen LogP contribution >= 0.6 is 0 Å². The molecule has 0 atom stereocenters. The van der Waals surface area contributed by atoms with Crippen LogP contribution < -0.4 is 10.1 Å². The first-order valence-corrected chi connectivity index (χ1v) is 6.98. The second-order valence-corrected chi connectivity index (χ2v) is 5.76. The molecule has 1 aromatic heterocycles. The van der Waals surface area contributed by atoms with Crippen LogP contribution in [-0.4, -0.2) is 11.5 Å². The molecule has 0 spiro atoms. The van der Waals surface area contributed by atoms with Crippen LogP contribution in [0.5, 0.6) is 11.5 Å². The lowest BCUT2D eigenvalue weighted by Crippen LogP contribution is -2.12. The van der Waals surface area contributed by atoms with E-state index in [0.717, 1.165) is 23.9 Å². The molecule has 0 saturated heterocycles. The van der Waals surface area contributed by atoms with Crippen molar-refractivity contribution >= 4 is 5.82 Å². The third-order valence-corrected chi connectivity index (χ3v) is 3.01. The predicted molar refractivity (Wildman–Crippen MR) is 83.6 cm³/mol. The number of anilines is 1. The molecule has 1 N–H and O–H groups in total. The highest BCUT2D eigenvalue weighted by Crippen LogP contribution is 2.34. The number of ether oxygens (including phenoxy) is 1. The smallest absolute Gasteiger partial charge is 0.132 e. The lowest BCUT2D eigenvalue weighted by atomic mass is 9.86. The molecule has 0 amide bonds. The molecule has 1 heterocycles. The number of rotatable bonds is 4. The Morgan fingerprint density at radius 1 is 1.15 bits per heavy atom. The van der Waals surface area contributed by atoms with Crippen molar-refractivity contribution in [2.45, 2.75) is 33.1 Å². The van der Waals surface area contributed by atoms with Gasteiger partial charge < -0.3 is 10.1 Å². The lowest BCUT2D eigenvalue weighted by Gasteiger charge is -2.22. The van der Waals surface area contributed by atoms with Crippen LogP contribution in [-0.2, 0) is 5.41 Å². The minimum Gasteiger partial charge on any atom is -0.457 e. The van der Waals surface area contributed by atoms with E-state index >= 15 is 0 Å². The average molecular weight is 270 g/mol. The van der Waals surface area contributed by atoms with Crippen molar-refractivity contribution in [2.24, 2.45) is 0 Å². The van der Waals surface area contributed by atoms with Gasteiger partial charge in [0.15, 0.2) is 0 Å². The number of pyridine rings is 1. The van der Waals surface area contributed by atoms with Gasteiger partial charge in [0, 0.05) is 24.4 Å². The van der Waals surface area contributed by atoms with Crippen LogP contribution in [0, 0.1) is 0 Å². The maximum atomic E-state index is 6.04. The van der Waals surface area contributed by atoms with Gasteiger partial charge in [0.1, 0.15) is 17.3 Å². The fourth-order valence-electron chi connectivity index (χ4n) is 2.05.